The Hall–Kier alpha value is -1.02. The summed E-state index contributed by atoms with van der Waals surface area (Å²) < 4.78 is 6.17. The first-order valence-corrected chi connectivity index (χ1v) is 6.13. The van der Waals surface area contributed by atoms with Crippen molar-refractivity contribution in [3.05, 3.63) is 29.3 Å². The third-order valence-electron chi connectivity index (χ3n) is 3.92. The van der Waals surface area contributed by atoms with Gasteiger partial charge in [0.2, 0.25) is 0 Å². The second-order valence-corrected chi connectivity index (χ2v) is 5.65. The van der Waals surface area contributed by atoms with Crippen LogP contribution in [0.3, 0.4) is 0 Å². The van der Waals surface area contributed by atoms with Crippen molar-refractivity contribution in [2.75, 3.05) is 0 Å². The van der Waals surface area contributed by atoms with Gasteiger partial charge in [0.25, 0.3) is 0 Å². The van der Waals surface area contributed by atoms with Crippen molar-refractivity contribution in [3.63, 3.8) is 0 Å². The number of ether oxygens (including phenoxy) is 1. The molecule has 2 aliphatic rings. The zero-order valence-electron chi connectivity index (χ0n) is 9.99. The molecule has 3 rings (SSSR count). The maximum atomic E-state index is 6.27. The highest BCUT2D eigenvalue weighted by molar-refractivity contribution is 5.41. The number of fused-ring (bicyclic) bond motifs is 1. The molecule has 0 bridgehead atoms. The number of nitrogens with two attached hydrogens (primary N) is 1. The van der Waals surface area contributed by atoms with Crippen molar-refractivity contribution >= 4 is 0 Å². The molecule has 16 heavy (non-hydrogen) atoms. The van der Waals surface area contributed by atoms with Gasteiger partial charge in [0.05, 0.1) is 0 Å². The Morgan fingerprint density at radius 1 is 1.31 bits per heavy atom. The van der Waals surface area contributed by atoms with E-state index in [9.17, 15) is 0 Å². The summed E-state index contributed by atoms with van der Waals surface area (Å²) in [6.07, 6.45) is 3.30. The second-order valence-electron chi connectivity index (χ2n) is 5.65. The summed E-state index contributed by atoms with van der Waals surface area (Å²) >= 11 is 0. The molecule has 2 N–H and O–H groups in total. The molecule has 1 aromatic carbocycles. The lowest BCUT2D eigenvalue weighted by molar-refractivity contribution is -0.0657. The van der Waals surface area contributed by atoms with Crippen LogP contribution in [0.2, 0.25) is 0 Å². The number of benzene rings is 1. The van der Waals surface area contributed by atoms with Gasteiger partial charge in [-0.25, -0.2) is 0 Å². The molecule has 1 atom stereocenters. The summed E-state index contributed by atoms with van der Waals surface area (Å²) in [4.78, 5) is 0. The minimum atomic E-state index is 0.0566. The summed E-state index contributed by atoms with van der Waals surface area (Å²) in [7, 11) is 0. The molecule has 1 aromatic rings. The van der Waals surface area contributed by atoms with Crippen LogP contribution in [0.25, 0.3) is 0 Å². The standard InChI is InChI=1S/C14H19NO/c1-9-3-4-13-11(5-9)12(15)8-14(16-13)6-10(2)7-14/h3-5,10,12H,6-8,15H2,1-2H3/t10?,12-,14?/m0/s1. The zero-order chi connectivity index (χ0) is 11.3. The van der Waals surface area contributed by atoms with Gasteiger partial charge in [-0.05, 0) is 31.7 Å². The van der Waals surface area contributed by atoms with E-state index in [1.54, 1.807) is 0 Å². The van der Waals surface area contributed by atoms with E-state index >= 15 is 0 Å². The third kappa shape index (κ3) is 1.44. The van der Waals surface area contributed by atoms with E-state index in [1.807, 2.05) is 0 Å². The maximum Gasteiger partial charge on any atom is 0.124 e. The SMILES string of the molecule is Cc1ccc2c(c1)[C@@H](N)CC1(CC(C)C1)O2. The fraction of sp³-hybridized carbons (Fsp3) is 0.571. The average Bonchev–Trinajstić information content (AvgIpc) is 2.17. The Labute approximate surface area is 96.8 Å². The first kappa shape index (κ1) is 10.2. The molecular weight excluding hydrogens is 198 g/mol. The monoisotopic (exact) mass is 217 g/mol. The lowest BCUT2D eigenvalue weighted by Crippen LogP contribution is -2.52. The quantitative estimate of drug-likeness (QED) is 0.725. The van der Waals surface area contributed by atoms with Crippen LogP contribution in [0, 0.1) is 12.8 Å². The first-order chi connectivity index (χ1) is 7.58. The van der Waals surface area contributed by atoms with Gasteiger partial charge in [-0.3, -0.25) is 0 Å². The summed E-state index contributed by atoms with van der Waals surface area (Å²) in [5.74, 6) is 1.80. The predicted octanol–water partition coefficient (Wildman–Crippen LogP) is 2.95. The molecule has 1 heterocycles. The summed E-state index contributed by atoms with van der Waals surface area (Å²) in [5.41, 5.74) is 8.77. The lowest BCUT2D eigenvalue weighted by atomic mass is 9.67. The minimum absolute atomic E-state index is 0.0566. The van der Waals surface area contributed by atoms with E-state index in [0.29, 0.717) is 0 Å². The van der Waals surface area contributed by atoms with Crippen LogP contribution < -0.4 is 10.5 Å². The van der Waals surface area contributed by atoms with Crippen LogP contribution in [0.4, 0.5) is 0 Å². The van der Waals surface area contributed by atoms with Crippen LogP contribution in [0.5, 0.6) is 5.75 Å². The molecule has 1 saturated carbocycles. The molecule has 86 valence electrons. The van der Waals surface area contributed by atoms with Crippen LogP contribution in [0.1, 0.15) is 43.4 Å². The Morgan fingerprint density at radius 2 is 2.06 bits per heavy atom. The van der Waals surface area contributed by atoms with E-state index < -0.39 is 0 Å². The van der Waals surface area contributed by atoms with Crippen LogP contribution in [0.15, 0.2) is 18.2 Å². The number of rotatable bonds is 0. The van der Waals surface area contributed by atoms with E-state index in [1.165, 1.54) is 11.1 Å². The van der Waals surface area contributed by atoms with Crippen molar-refractivity contribution in [2.45, 2.75) is 44.8 Å². The van der Waals surface area contributed by atoms with E-state index in [0.717, 1.165) is 30.9 Å². The van der Waals surface area contributed by atoms with Crippen molar-refractivity contribution in [2.24, 2.45) is 11.7 Å². The Kier molecular flexibility index (Phi) is 2.05. The smallest absolute Gasteiger partial charge is 0.124 e. The molecule has 1 aliphatic heterocycles. The number of hydrogen-bond acceptors (Lipinski definition) is 2. The highest BCUT2D eigenvalue weighted by Crippen LogP contribution is 2.50. The summed E-state index contributed by atoms with van der Waals surface area (Å²) in [5, 5.41) is 0. The number of hydrogen-bond donors (Lipinski definition) is 1. The normalized spacial score (nSPS) is 36.4. The van der Waals surface area contributed by atoms with Crippen molar-refractivity contribution in [3.8, 4) is 5.75 Å². The molecule has 0 amide bonds. The molecule has 0 radical (unpaired) electrons. The second kappa shape index (κ2) is 3.24. The summed E-state index contributed by atoms with van der Waals surface area (Å²) in [6.45, 7) is 4.38. The minimum Gasteiger partial charge on any atom is -0.487 e. The zero-order valence-corrected chi connectivity index (χ0v) is 9.99. The maximum absolute atomic E-state index is 6.27. The Balaban J connectivity index is 1.94. The van der Waals surface area contributed by atoms with Crippen molar-refractivity contribution in [1.29, 1.82) is 0 Å². The summed E-state index contributed by atoms with van der Waals surface area (Å²) in [6, 6.07) is 6.49. The van der Waals surface area contributed by atoms with Crippen molar-refractivity contribution < 1.29 is 4.74 Å². The molecule has 1 fully saturated rings. The largest absolute Gasteiger partial charge is 0.487 e. The number of aryl methyl sites for hydroxylation is 1. The Morgan fingerprint density at radius 3 is 2.75 bits per heavy atom. The fourth-order valence-corrected chi connectivity index (χ4v) is 3.30. The van der Waals surface area contributed by atoms with E-state index in [4.69, 9.17) is 10.5 Å². The molecule has 2 heteroatoms. The molecule has 1 spiro atoms. The van der Waals surface area contributed by atoms with Gasteiger partial charge in [0.15, 0.2) is 0 Å². The molecule has 2 nitrogen and oxygen atoms in total. The van der Waals surface area contributed by atoms with Gasteiger partial charge in [-0.2, -0.15) is 0 Å². The lowest BCUT2D eigenvalue weighted by Gasteiger charge is -2.50. The molecule has 0 unspecified atom stereocenters. The van der Waals surface area contributed by atoms with E-state index in [-0.39, 0.29) is 11.6 Å². The predicted molar refractivity (Wildman–Crippen MR) is 64.5 cm³/mol. The Bertz CT molecular complexity index is 421. The third-order valence-corrected chi connectivity index (χ3v) is 3.92. The van der Waals surface area contributed by atoms with Crippen LogP contribution in [-0.2, 0) is 0 Å². The first-order valence-electron chi connectivity index (χ1n) is 6.13. The van der Waals surface area contributed by atoms with Gasteiger partial charge in [-0.1, -0.05) is 24.6 Å². The average molecular weight is 217 g/mol. The highest BCUT2D eigenvalue weighted by Gasteiger charge is 2.48. The van der Waals surface area contributed by atoms with Gasteiger partial charge in [0, 0.05) is 18.0 Å². The molecule has 0 saturated heterocycles. The van der Waals surface area contributed by atoms with Gasteiger partial charge in [-0.15, -0.1) is 0 Å². The fourth-order valence-electron chi connectivity index (χ4n) is 3.30. The van der Waals surface area contributed by atoms with Crippen LogP contribution in [-0.4, -0.2) is 5.60 Å². The molecule has 0 aromatic heterocycles. The van der Waals surface area contributed by atoms with Gasteiger partial charge < -0.3 is 10.5 Å². The van der Waals surface area contributed by atoms with E-state index in [2.05, 4.69) is 32.0 Å². The molecule has 1 aliphatic carbocycles. The highest BCUT2D eigenvalue weighted by atomic mass is 16.5. The van der Waals surface area contributed by atoms with Crippen LogP contribution >= 0.6 is 0 Å². The topological polar surface area (TPSA) is 35.2 Å². The molecular formula is C14H19NO. The van der Waals surface area contributed by atoms with Gasteiger partial charge in [0.1, 0.15) is 11.4 Å². The van der Waals surface area contributed by atoms with Gasteiger partial charge >= 0.3 is 0 Å². The van der Waals surface area contributed by atoms with Crippen molar-refractivity contribution in [1.82, 2.24) is 0 Å².